The maximum absolute atomic E-state index is 11.9. The number of halogens is 1. The molecule has 3 N–H and O–H groups in total. The Labute approximate surface area is 113 Å². The smallest absolute Gasteiger partial charge is 0.265 e. The second-order valence-electron chi connectivity index (χ2n) is 3.54. The van der Waals surface area contributed by atoms with E-state index in [9.17, 15) is 4.79 Å². The van der Waals surface area contributed by atoms with Crippen molar-refractivity contribution in [1.29, 1.82) is 0 Å². The fourth-order valence-corrected chi connectivity index (χ4v) is 2.35. The molecule has 0 atom stereocenters. The summed E-state index contributed by atoms with van der Waals surface area (Å²) in [4.78, 5) is 12.5. The molecule has 0 unspecified atom stereocenters. The Kier molecular flexibility index (Phi) is 3.74. The van der Waals surface area contributed by atoms with Crippen LogP contribution in [-0.2, 0) is 0 Å². The Hall–Kier alpha value is -1.72. The van der Waals surface area contributed by atoms with Crippen molar-refractivity contribution in [3.63, 3.8) is 0 Å². The molecule has 0 aliphatic carbocycles. The minimum absolute atomic E-state index is 0.227. The van der Waals surface area contributed by atoms with Crippen molar-refractivity contribution in [2.75, 3.05) is 18.2 Å². The summed E-state index contributed by atoms with van der Waals surface area (Å²) in [6.45, 7) is 0. The average molecular weight is 283 g/mol. The summed E-state index contributed by atoms with van der Waals surface area (Å²) in [6.07, 6.45) is 0. The number of methoxy groups -OCH3 is 1. The SMILES string of the molecule is COc1csc(C(=O)Nc2ccc(N)cc2Cl)c1. The van der Waals surface area contributed by atoms with Gasteiger partial charge in [-0.2, -0.15) is 0 Å². The zero-order valence-corrected chi connectivity index (χ0v) is 11.1. The van der Waals surface area contributed by atoms with Gasteiger partial charge in [0.05, 0.1) is 22.7 Å². The quantitative estimate of drug-likeness (QED) is 0.850. The summed E-state index contributed by atoms with van der Waals surface area (Å²) in [5.41, 5.74) is 6.66. The molecule has 1 aromatic heterocycles. The van der Waals surface area contributed by atoms with Gasteiger partial charge in [0, 0.05) is 17.1 Å². The maximum Gasteiger partial charge on any atom is 0.265 e. The van der Waals surface area contributed by atoms with Crippen LogP contribution in [0.1, 0.15) is 9.67 Å². The standard InChI is InChI=1S/C12H11ClN2O2S/c1-17-8-5-11(18-6-8)12(16)15-10-3-2-7(14)4-9(10)13/h2-6H,14H2,1H3,(H,15,16). The molecule has 0 aliphatic heterocycles. The third kappa shape index (κ3) is 2.75. The number of hydrogen-bond donors (Lipinski definition) is 2. The van der Waals surface area contributed by atoms with Crippen LogP contribution in [-0.4, -0.2) is 13.0 Å². The van der Waals surface area contributed by atoms with E-state index in [2.05, 4.69) is 5.32 Å². The fraction of sp³-hybridized carbons (Fsp3) is 0.0833. The average Bonchev–Trinajstić information content (AvgIpc) is 2.81. The predicted molar refractivity (Wildman–Crippen MR) is 74.7 cm³/mol. The van der Waals surface area contributed by atoms with Gasteiger partial charge < -0.3 is 15.8 Å². The lowest BCUT2D eigenvalue weighted by molar-refractivity contribution is 0.103. The van der Waals surface area contributed by atoms with E-state index in [0.717, 1.165) is 0 Å². The van der Waals surface area contributed by atoms with E-state index >= 15 is 0 Å². The van der Waals surface area contributed by atoms with Gasteiger partial charge in [0.15, 0.2) is 0 Å². The lowest BCUT2D eigenvalue weighted by Crippen LogP contribution is -2.10. The van der Waals surface area contributed by atoms with E-state index in [1.807, 2.05) is 0 Å². The molecule has 0 aliphatic rings. The molecule has 0 saturated heterocycles. The Morgan fingerprint density at radius 2 is 2.22 bits per heavy atom. The van der Waals surface area contributed by atoms with Crippen LogP contribution in [0.2, 0.25) is 5.02 Å². The van der Waals surface area contributed by atoms with Crippen LogP contribution in [0.25, 0.3) is 0 Å². The van der Waals surface area contributed by atoms with Gasteiger partial charge in [-0.3, -0.25) is 4.79 Å². The highest BCUT2D eigenvalue weighted by molar-refractivity contribution is 7.12. The minimum Gasteiger partial charge on any atom is -0.496 e. The number of benzene rings is 1. The number of nitrogen functional groups attached to an aromatic ring is 1. The van der Waals surface area contributed by atoms with Gasteiger partial charge in [0.25, 0.3) is 5.91 Å². The third-order valence-electron chi connectivity index (χ3n) is 2.28. The molecule has 1 amide bonds. The van der Waals surface area contributed by atoms with Gasteiger partial charge in [-0.15, -0.1) is 11.3 Å². The second kappa shape index (κ2) is 5.29. The summed E-state index contributed by atoms with van der Waals surface area (Å²) in [5, 5.41) is 4.89. The van der Waals surface area contributed by atoms with E-state index in [1.165, 1.54) is 11.3 Å². The van der Waals surface area contributed by atoms with Crippen LogP contribution in [0.5, 0.6) is 5.75 Å². The van der Waals surface area contributed by atoms with E-state index in [0.29, 0.717) is 27.0 Å². The van der Waals surface area contributed by atoms with Crippen LogP contribution in [0, 0.1) is 0 Å². The van der Waals surface area contributed by atoms with Crippen molar-refractivity contribution in [3.8, 4) is 5.75 Å². The predicted octanol–water partition coefficient (Wildman–Crippen LogP) is 3.24. The van der Waals surface area contributed by atoms with Crippen molar-refractivity contribution >= 4 is 40.2 Å². The Bertz CT molecular complexity index is 583. The number of nitrogens with one attached hydrogen (secondary N) is 1. The zero-order valence-electron chi connectivity index (χ0n) is 9.57. The molecule has 0 spiro atoms. The van der Waals surface area contributed by atoms with E-state index in [4.69, 9.17) is 22.1 Å². The highest BCUT2D eigenvalue weighted by atomic mass is 35.5. The van der Waals surface area contributed by atoms with Crippen molar-refractivity contribution in [2.24, 2.45) is 0 Å². The van der Waals surface area contributed by atoms with Gasteiger partial charge in [-0.1, -0.05) is 11.6 Å². The van der Waals surface area contributed by atoms with Crippen molar-refractivity contribution in [3.05, 3.63) is 39.5 Å². The molecule has 0 saturated carbocycles. The van der Waals surface area contributed by atoms with E-state index < -0.39 is 0 Å². The Balaban J connectivity index is 2.16. The highest BCUT2D eigenvalue weighted by Gasteiger charge is 2.11. The summed E-state index contributed by atoms with van der Waals surface area (Å²) in [5.74, 6) is 0.434. The van der Waals surface area contributed by atoms with Gasteiger partial charge in [-0.25, -0.2) is 0 Å². The van der Waals surface area contributed by atoms with Gasteiger partial charge >= 0.3 is 0 Å². The molecule has 1 heterocycles. The van der Waals surface area contributed by atoms with Crippen molar-refractivity contribution < 1.29 is 9.53 Å². The van der Waals surface area contributed by atoms with Gasteiger partial charge in [0.2, 0.25) is 0 Å². The van der Waals surface area contributed by atoms with Gasteiger partial charge in [-0.05, 0) is 18.2 Å². The second-order valence-corrected chi connectivity index (χ2v) is 4.86. The molecule has 2 rings (SSSR count). The molecule has 18 heavy (non-hydrogen) atoms. The number of anilines is 2. The topological polar surface area (TPSA) is 64.3 Å². The summed E-state index contributed by atoms with van der Waals surface area (Å²) >= 11 is 7.28. The summed E-state index contributed by atoms with van der Waals surface area (Å²) in [6, 6.07) is 6.61. The normalized spacial score (nSPS) is 10.1. The number of rotatable bonds is 3. The van der Waals surface area contributed by atoms with Crippen LogP contribution in [0.3, 0.4) is 0 Å². The Morgan fingerprint density at radius 3 is 2.83 bits per heavy atom. The number of carbonyl (C=O) groups is 1. The lowest BCUT2D eigenvalue weighted by Gasteiger charge is -2.06. The zero-order chi connectivity index (χ0) is 13.1. The molecule has 94 valence electrons. The molecule has 4 nitrogen and oxygen atoms in total. The molecule has 6 heteroatoms. The molecular weight excluding hydrogens is 272 g/mol. The first-order valence-electron chi connectivity index (χ1n) is 5.09. The van der Waals surface area contributed by atoms with Crippen molar-refractivity contribution in [1.82, 2.24) is 0 Å². The fourth-order valence-electron chi connectivity index (χ4n) is 1.36. The molecule has 0 bridgehead atoms. The Morgan fingerprint density at radius 1 is 1.44 bits per heavy atom. The van der Waals surface area contributed by atoms with Gasteiger partial charge in [0.1, 0.15) is 5.75 Å². The van der Waals surface area contributed by atoms with Crippen LogP contribution in [0.15, 0.2) is 29.6 Å². The maximum atomic E-state index is 11.9. The lowest BCUT2D eigenvalue weighted by atomic mass is 10.3. The third-order valence-corrected chi connectivity index (χ3v) is 3.50. The first-order chi connectivity index (χ1) is 8.60. The number of ether oxygens (including phenoxy) is 1. The van der Waals surface area contributed by atoms with Crippen LogP contribution >= 0.6 is 22.9 Å². The molecule has 0 radical (unpaired) electrons. The monoisotopic (exact) mass is 282 g/mol. The first kappa shape index (κ1) is 12.7. The van der Waals surface area contributed by atoms with Crippen LogP contribution < -0.4 is 15.8 Å². The van der Waals surface area contributed by atoms with E-state index in [1.54, 1.807) is 36.8 Å². The molecule has 2 aromatic rings. The summed E-state index contributed by atoms with van der Waals surface area (Å²) < 4.78 is 5.02. The highest BCUT2D eigenvalue weighted by Crippen LogP contribution is 2.26. The number of carbonyl (C=O) groups excluding carboxylic acids is 1. The summed E-state index contributed by atoms with van der Waals surface area (Å²) in [7, 11) is 1.56. The molecule has 0 fully saturated rings. The molecular formula is C12H11ClN2O2S. The number of nitrogens with two attached hydrogens (primary N) is 1. The van der Waals surface area contributed by atoms with Crippen LogP contribution in [0.4, 0.5) is 11.4 Å². The number of thiophene rings is 1. The van der Waals surface area contributed by atoms with E-state index in [-0.39, 0.29) is 5.91 Å². The largest absolute Gasteiger partial charge is 0.496 e. The number of amides is 1. The molecule has 1 aromatic carbocycles. The first-order valence-corrected chi connectivity index (χ1v) is 6.35. The minimum atomic E-state index is -0.227. The van der Waals surface area contributed by atoms with Crippen molar-refractivity contribution in [2.45, 2.75) is 0 Å². The number of hydrogen-bond acceptors (Lipinski definition) is 4.